The molecular weight excluding hydrogens is 170 g/mol. The second kappa shape index (κ2) is 2.55. The Labute approximate surface area is 82.2 Å². The molecule has 1 aliphatic rings. The van der Waals surface area contributed by atoms with Crippen LogP contribution < -0.4 is 0 Å². The van der Waals surface area contributed by atoms with Crippen molar-refractivity contribution in [2.75, 3.05) is 0 Å². The molecule has 2 aromatic rings. The van der Waals surface area contributed by atoms with E-state index in [1.54, 1.807) is 0 Å². The highest BCUT2D eigenvalue weighted by atomic mass is 14.4. The number of nitrogens with one attached hydrogen (secondary N) is 1. The molecule has 0 atom stereocenters. The summed E-state index contributed by atoms with van der Waals surface area (Å²) in [5, 5.41) is 10.2. The predicted octanol–water partition coefficient (Wildman–Crippen LogP) is 3.23. The fourth-order valence-corrected chi connectivity index (χ4v) is 2.00. The van der Waals surface area contributed by atoms with Crippen molar-refractivity contribution in [1.82, 2.24) is 0 Å². The van der Waals surface area contributed by atoms with E-state index < -0.39 is 0 Å². The van der Waals surface area contributed by atoms with Gasteiger partial charge in [0, 0.05) is 5.56 Å². The molecule has 0 spiro atoms. The number of rotatable bonds is 0. The highest BCUT2D eigenvalue weighted by molar-refractivity contribution is 6.20. The van der Waals surface area contributed by atoms with Gasteiger partial charge in [0.15, 0.2) is 0 Å². The molecule has 66 valence electrons. The molecule has 0 fully saturated rings. The SMILES string of the molecule is N=C1C=Cc2cccc3cccc1c23. The second-order valence-electron chi connectivity index (χ2n) is 3.50. The van der Waals surface area contributed by atoms with Gasteiger partial charge in [-0.3, -0.25) is 0 Å². The minimum Gasteiger partial charge on any atom is -0.300 e. The van der Waals surface area contributed by atoms with E-state index in [2.05, 4.69) is 24.3 Å². The van der Waals surface area contributed by atoms with Gasteiger partial charge in [-0.2, -0.15) is 0 Å². The van der Waals surface area contributed by atoms with E-state index in [0.29, 0.717) is 5.71 Å². The molecule has 0 aromatic heterocycles. The molecule has 0 amide bonds. The summed E-state index contributed by atoms with van der Waals surface area (Å²) in [6.07, 6.45) is 3.87. The molecular formula is C13H9N. The number of hydrogen-bond donors (Lipinski definition) is 1. The average Bonchev–Trinajstić information content (AvgIpc) is 2.24. The molecule has 0 radical (unpaired) electrons. The summed E-state index contributed by atoms with van der Waals surface area (Å²) in [5.41, 5.74) is 2.86. The molecule has 14 heavy (non-hydrogen) atoms. The zero-order chi connectivity index (χ0) is 9.54. The topological polar surface area (TPSA) is 23.9 Å². The van der Waals surface area contributed by atoms with Crippen molar-refractivity contribution in [3.8, 4) is 0 Å². The van der Waals surface area contributed by atoms with Gasteiger partial charge < -0.3 is 5.41 Å². The normalized spacial score (nSPS) is 13.6. The molecule has 1 heteroatoms. The van der Waals surface area contributed by atoms with E-state index in [9.17, 15) is 0 Å². The van der Waals surface area contributed by atoms with Crippen molar-refractivity contribution < 1.29 is 0 Å². The quantitative estimate of drug-likeness (QED) is 0.642. The van der Waals surface area contributed by atoms with Crippen molar-refractivity contribution in [3.05, 3.63) is 53.6 Å². The summed E-state index contributed by atoms with van der Waals surface area (Å²) < 4.78 is 0. The van der Waals surface area contributed by atoms with Crippen LogP contribution in [0.15, 0.2) is 42.5 Å². The average molecular weight is 179 g/mol. The van der Waals surface area contributed by atoms with Crippen molar-refractivity contribution in [1.29, 1.82) is 5.41 Å². The van der Waals surface area contributed by atoms with E-state index in [1.165, 1.54) is 16.3 Å². The Balaban J connectivity index is 2.58. The van der Waals surface area contributed by atoms with Gasteiger partial charge in [-0.25, -0.2) is 0 Å². The second-order valence-corrected chi connectivity index (χ2v) is 3.50. The molecule has 0 aliphatic heterocycles. The summed E-state index contributed by atoms with van der Waals surface area (Å²) in [7, 11) is 0. The lowest BCUT2D eigenvalue weighted by Crippen LogP contribution is -2.00. The van der Waals surface area contributed by atoms with E-state index in [0.717, 1.165) is 5.56 Å². The minimum absolute atomic E-state index is 0.606. The third kappa shape index (κ3) is 0.867. The maximum atomic E-state index is 7.82. The van der Waals surface area contributed by atoms with Crippen LogP contribution >= 0.6 is 0 Å². The lowest BCUT2D eigenvalue weighted by atomic mass is 9.92. The zero-order valence-corrected chi connectivity index (χ0v) is 7.62. The molecule has 2 aromatic carbocycles. The van der Waals surface area contributed by atoms with Crippen LogP contribution in [0, 0.1) is 5.41 Å². The van der Waals surface area contributed by atoms with Crippen molar-refractivity contribution in [2.45, 2.75) is 0 Å². The van der Waals surface area contributed by atoms with Crippen LogP contribution in [0.1, 0.15) is 11.1 Å². The Hall–Kier alpha value is -1.89. The fraction of sp³-hybridized carbons (Fsp3) is 0. The van der Waals surface area contributed by atoms with Crippen LogP contribution in [0.25, 0.3) is 16.8 Å². The number of benzene rings is 2. The van der Waals surface area contributed by atoms with Crippen LogP contribution in [0.4, 0.5) is 0 Å². The van der Waals surface area contributed by atoms with Crippen molar-refractivity contribution in [2.24, 2.45) is 0 Å². The number of allylic oxidation sites excluding steroid dienone is 1. The Bertz CT molecular complexity index is 559. The summed E-state index contributed by atoms with van der Waals surface area (Å²) >= 11 is 0. The first-order valence-corrected chi connectivity index (χ1v) is 4.65. The molecule has 0 bridgehead atoms. The third-order valence-corrected chi connectivity index (χ3v) is 2.66. The standard InChI is InChI=1S/C13H9N/c14-12-8-7-10-4-1-3-9-5-2-6-11(12)13(9)10/h1-8,14H. The molecule has 1 nitrogen and oxygen atoms in total. The first-order chi connectivity index (χ1) is 6.86. The summed E-state index contributed by atoms with van der Waals surface area (Å²) in [6, 6.07) is 12.4. The Morgan fingerprint density at radius 3 is 2.50 bits per heavy atom. The highest BCUT2D eigenvalue weighted by Gasteiger charge is 2.10. The summed E-state index contributed by atoms with van der Waals surface area (Å²) in [4.78, 5) is 0. The molecule has 1 N–H and O–H groups in total. The van der Waals surface area contributed by atoms with Gasteiger partial charge >= 0.3 is 0 Å². The van der Waals surface area contributed by atoms with Gasteiger partial charge in [-0.1, -0.05) is 42.5 Å². The highest BCUT2D eigenvalue weighted by Crippen LogP contribution is 2.27. The third-order valence-electron chi connectivity index (χ3n) is 2.66. The summed E-state index contributed by atoms with van der Waals surface area (Å²) in [5.74, 6) is 0. The Morgan fingerprint density at radius 2 is 1.64 bits per heavy atom. The molecule has 1 aliphatic carbocycles. The molecule has 0 saturated heterocycles. The van der Waals surface area contributed by atoms with Crippen LogP contribution in [0.5, 0.6) is 0 Å². The first-order valence-electron chi connectivity index (χ1n) is 4.65. The maximum absolute atomic E-state index is 7.82. The van der Waals surface area contributed by atoms with Gasteiger partial charge in [0.2, 0.25) is 0 Å². The largest absolute Gasteiger partial charge is 0.300 e. The zero-order valence-electron chi connectivity index (χ0n) is 7.62. The van der Waals surface area contributed by atoms with Gasteiger partial charge in [-0.15, -0.1) is 0 Å². The first kappa shape index (κ1) is 7.51. The number of hydrogen-bond acceptors (Lipinski definition) is 1. The van der Waals surface area contributed by atoms with Gasteiger partial charge in [0.1, 0.15) is 0 Å². The molecule has 0 heterocycles. The van der Waals surface area contributed by atoms with Gasteiger partial charge in [0.05, 0.1) is 5.71 Å². The molecule has 3 rings (SSSR count). The predicted molar refractivity (Wildman–Crippen MR) is 59.8 cm³/mol. The fourth-order valence-electron chi connectivity index (χ4n) is 2.00. The van der Waals surface area contributed by atoms with Crippen LogP contribution in [0.2, 0.25) is 0 Å². The smallest absolute Gasteiger partial charge is 0.0618 e. The lowest BCUT2D eigenvalue weighted by Gasteiger charge is -2.12. The van der Waals surface area contributed by atoms with E-state index >= 15 is 0 Å². The summed E-state index contributed by atoms with van der Waals surface area (Å²) in [6.45, 7) is 0. The van der Waals surface area contributed by atoms with Crippen LogP contribution in [0.3, 0.4) is 0 Å². The van der Waals surface area contributed by atoms with Crippen molar-refractivity contribution in [3.63, 3.8) is 0 Å². The van der Waals surface area contributed by atoms with Gasteiger partial charge in [0.25, 0.3) is 0 Å². The molecule has 0 saturated carbocycles. The molecule has 0 unspecified atom stereocenters. The van der Waals surface area contributed by atoms with Crippen molar-refractivity contribution >= 4 is 22.6 Å². The lowest BCUT2D eigenvalue weighted by molar-refractivity contribution is 1.50. The van der Waals surface area contributed by atoms with Gasteiger partial charge in [-0.05, 0) is 22.4 Å². The van der Waals surface area contributed by atoms with Crippen LogP contribution in [-0.4, -0.2) is 5.71 Å². The van der Waals surface area contributed by atoms with E-state index in [1.807, 2.05) is 24.3 Å². The minimum atomic E-state index is 0.606. The van der Waals surface area contributed by atoms with E-state index in [4.69, 9.17) is 5.41 Å². The van der Waals surface area contributed by atoms with Crippen LogP contribution in [-0.2, 0) is 0 Å². The Morgan fingerprint density at radius 1 is 0.857 bits per heavy atom. The Kier molecular flexibility index (Phi) is 1.37. The van der Waals surface area contributed by atoms with E-state index in [-0.39, 0.29) is 0 Å². The monoisotopic (exact) mass is 179 g/mol. The maximum Gasteiger partial charge on any atom is 0.0618 e.